The van der Waals surface area contributed by atoms with Crippen LogP contribution in [0.5, 0.6) is 0 Å². The van der Waals surface area contributed by atoms with Gasteiger partial charge in [-0.15, -0.1) is 0 Å². The fraction of sp³-hybridized carbons (Fsp3) is 0.184. The van der Waals surface area contributed by atoms with Gasteiger partial charge in [0.1, 0.15) is 9.49 Å². The van der Waals surface area contributed by atoms with Crippen LogP contribution in [-0.2, 0) is 19.7 Å². The number of allylic oxidation sites excluding steroid dienone is 2. The smallest absolute Gasteiger partial charge is 0.223 e. The molecule has 0 bridgehead atoms. The molecule has 6 aromatic rings. The SMILES string of the molecule is CCC12C(=C3C(=C4c5ccc(-c6ccccc6-c6ccccc6)cc5S(=O)(=O)C41CC)C(F)(F)C(F)(F)C3(F)F)c1ccc(-c3ccccc3-c3ccccc3)cc1S2(=O)=O. The lowest BCUT2D eigenvalue weighted by Crippen LogP contribution is -2.62. The van der Waals surface area contributed by atoms with E-state index >= 15 is 43.2 Å². The molecule has 4 nitrogen and oxygen atoms in total. The van der Waals surface area contributed by atoms with Crippen LogP contribution in [-0.4, -0.2) is 44.1 Å². The summed E-state index contributed by atoms with van der Waals surface area (Å²) >= 11 is 0. The second-order valence-corrected chi connectivity index (χ2v) is 20.1. The van der Waals surface area contributed by atoms with Gasteiger partial charge in [-0.1, -0.05) is 147 Å². The predicted octanol–water partition coefficient (Wildman–Crippen LogP) is 12.4. The van der Waals surface area contributed by atoms with Crippen LogP contribution in [0.1, 0.15) is 37.8 Å². The summed E-state index contributed by atoms with van der Waals surface area (Å²) in [6, 6.07) is 39.9. The number of halogens is 6. The van der Waals surface area contributed by atoms with Gasteiger partial charge in [0, 0.05) is 11.1 Å². The lowest BCUT2D eigenvalue weighted by Gasteiger charge is -2.49. The van der Waals surface area contributed by atoms with Crippen molar-refractivity contribution in [2.75, 3.05) is 0 Å². The van der Waals surface area contributed by atoms with Crippen molar-refractivity contribution in [3.05, 3.63) is 168 Å². The average Bonchev–Trinajstić information content (AvgIpc) is 3.65. The molecule has 0 radical (unpaired) electrons. The third-order valence-electron chi connectivity index (χ3n) is 13.3. The van der Waals surface area contributed by atoms with Gasteiger partial charge in [-0.05, 0) is 91.8 Å². The average molecular weight is 865 g/mol. The molecule has 12 heteroatoms. The monoisotopic (exact) mass is 864 g/mol. The molecule has 0 aromatic heterocycles. The molecular weight excluding hydrogens is 831 g/mol. The lowest BCUT2D eigenvalue weighted by molar-refractivity contribution is -0.257. The number of alkyl halides is 6. The number of rotatable bonds is 6. The van der Waals surface area contributed by atoms with Crippen molar-refractivity contribution < 1.29 is 43.2 Å². The first-order valence-electron chi connectivity index (χ1n) is 19.7. The highest BCUT2D eigenvalue weighted by Gasteiger charge is 2.88. The third-order valence-corrected chi connectivity index (χ3v) is 18.7. The number of hydrogen-bond donors (Lipinski definition) is 0. The molecule has 308 valence electrons. The Morgan fingerprint density at radius 2 is 0.689 bits per heavy atom. The Kier molecular flexibility index (Phi) is 8.19. The largest absolute Gasteiger partial charge is 0.380 e. The second kappa shape index (κ2) is 12.7. The highest BCUT2D eigenvalue weighted by Crippen LogP contribution is 2.77. The molecule has 1 fully saturated rings. The van der Waals surface area contributed by atoms with Gasteiger partial charge in [-0.25, -0.2) is 16.8 Å². The highest BCUT2D eigenvalue weighted by atomic mass is 32.2. The van der Waals surface area contributed by atoms with E-state index in [9.17, 15) is 0 Å². The van der Waals surface area contributed by atoms with Crippen LogP contribution < -0.4 is 0 Å². The summed E-state index contributed by atoms with van der Waals surface area (Å²) in [5.41, 5.74) is -2.22. The maximum atomic E-state index is 16.7. The minimum Gasteiger partial charge on any atom is -0.223 e. The zero-order valence-electron chi connectivity index (χ0n) is 32.5. The Bertz CT molecular complexity index is 2970. The van der Waals surface area contributed by atoms with E-state index in [2.05, 4.69) is 0 Å². The highest BCUT2D eigenvalue weighted by molar-refractivity contribution is 7.98. The molecule has 6 aromatic carbocycles. The van der Waals surface area contributed by atoms with Gasteiger partial charge < -0.3 is 0 Å². The van der Waals surface area contributed by atoms with Gasteiger partial charge >= 0.3 is 17.8 Å². The van der Waals surface area contributed by atoms with Crippen LogP contribution in [0.4, 0.5) is 26.3 Å². The van der Waals surface area contributed by atoms with Crippen LogP contribution in [0.25, 0.3) is 55.7 Å². The fourth-order valence-corrected chi connectivity index (χ4v) is 16.7. The van der Waals surface area contributed by atoms with E-state index in [-0.39, 0.29) is 0 Å². The third kappa shape index (κ3) is 4.51. The normalized spacial score (nSPS) is 24.1. The minimum absolute atomic E-state index is 0.296. The Balaban J connectivity index is 1.30. The van der Waals surface area contributed by atoms with Crippen molar-refractivity contribution in [2.45, 2.75) is 63.7 Å². The van der Waals surface area contributed by atoms with E-state index in [4.69, 9.17) is 0 Å². The summed E-state index contributed by atoms with van der Waals surface area (Å²) < 4.78 is 156. The summed E-state index contributed by atoms with van der Waals surface area (Å²) in [6.45, 7) is 2.55. The van der Waals surface area contributed by atoms with Crippen molar-refractivity contribution in [1.82, 2.24) is 0 Å². The van der Waals surface area contributed by atoms with Gasteiger partial charge in [-0.3, -0.25) is 0 Å². The second-order valence-electron chi connectivity index (χ2n) is 15.8. The molecule has 2 atom stereocenters. The Labute approximate surface area is 348 Å². The molecular formula is C49H34F6O4S2. The van der Waals surface area contributed by atoms with Crippen LogP contribution in [0.2, 0.25) is 0 Å². The van der Waals surface area contributed by atoms with E-state index in [0.717, 1.165) is 23.3 Å². The predicted molar refractivity (Wildman–Crippen MR) is 224 cm³/mol. The maximum Gasteiger partial charge on any atom is 0.380 e. The van der Waals surface area contributed by atoms with Gasteiger partial charge in [0.05, 0.1) is 9.79 Å². The Hall–Kier alpha value is -5.72. The Morgan fingerprint density at radius 3 is 1.02 bits per heavy atom. The molecule has 2 aliphatic heterocycles. The van der Waals surface area contributed by atoms with Crippen molar-refractivity contribution >= 4 is 30.8 Å². The molecule has 0 N–H and O–H groups in total. The lowest BCUT2D eigenvalue weighted by atomic mass is 9.65. The van der Waals surface area contributed by atoms with E-state index < -0.39 is 103 Å². The molecule has 10 rings (SSSR count). The summed E-state index contributed by atoms with van der Waals surface area (Å²) in [7, 11) is -10.4. The zero-order valence-corrected chi connectivity index (χ0v) is 34.1. The van der Waals surface area contributed by atoms with Crippen molar-refractivity contribution in [2.24, 2.45) is 0 Å². The Morgan fingerprint density at radius 1 is 0.377 bits per heavy atom. The molecule has 4 aliphatic rings. The fourth-order valence-electron chi connectivity index (χ4n) is 10.7. The van der Waals surface area contributed by atoms with Gasteiger partial charge in [0.15, 0.2) is 19.7 Å². The summed E-state index contributed by atoms with van der Waals surface area (Å²) in [6.07, 6.45) is -1.46. The van der Waals surface area contributed by atoms with E-state index in [1.165, 1.54) is 38.1 Å². The number of benzene rings is 6. The molecule has 0 spiro atoms. The van der Waals surface area contributed by atoms with E-state index in [1.54, 1.807) is 48.5 Å². The summed E-state index contributed by atoms with van der Waals surface area (Å²) in [5.74, 6) is -17.3. The molecule has 2 unspecified atom stereocenters. The molecule has 61 heavy (non-hydrogen) atoms. The van der Waals surface area contributed by atoms with Crippen LogP contribution in [0.3, 0.4) is 0 Å². The first-order valence-corrected chi connectivity index (χ1v) is 22.7. The first-order chi connectivity index (χ1) is 29.0. The minimum atomic E-state index is -6.06. The number of fused-ring (bicyclic) bond motifs is 8. The summed E-state index contributed by atoms with van der Waals surface area (Å²) in [5, 5.41) is 0. The van der Waals surface area contributed by atoms with E-state index in [1.807, 2.05) is 60.7 Å². The number of sulfone groups is 2. The van der Waals surface area contributed by atoms with Gasteiger partial charge in [0.2, 0.25) is 0 Å². The topological polar surface area (TPSA) is 68.3 Å². The van der Waals surface area contributed by atoms with Gasteiger partial charge in [-0.2, -0.15) is 26.3 Å². The van der Waals surface area contributed by atoms with Crippen molar-refractivity contribution in [3.8, 4) is 44.5 Å². The zero-order chi connectivity index (χ0) is 43.1. The molecule has 0 saturated heterocycles. The standard InChI is InChI=1S/C49H34F6O4S2/c1-3-45-41(37-25-23-31(27-39(37)60(45,56)57)35-21-13-11-19-33(35)29-15-7-5-8-16-29)43-44(48(52,53)49(54,55)47(43,50)51)42-38-26-24-32(28-40(38)61(58,59)46(42,45)4-2)36-22-14-12-20-34(36)30-17-9-6-10-18-30/h5-28H,3-4H2,1-2H3. The van der Waals surface area contributed by atoms with Crippen LogP contribution in [0.15, 0.2) is 167 Å². The van der Waals surface area contributed by atoms with Crippen LogP contribution >= 0.6 is 0 Å². The molecule has 2 aliphatic carbocycles. The van der Waals surface area contributed by atoms with Gasteiger partial charge in [0.25, 0.3) is 0 Å². The van der Waals surface area contributed by atoms with Crippen LogP contribution in [0, 0.1) is 0 Å². The maximum absolute atomic E-state index is 16.7. The first kappa shape index (κ1) is 39.4. The molecule has 1 saturated carbocycles. The molecule has 2 heterocycles. The quantitative estimate of drug-likeness (QED) is 0.156. The van der Waals surface area contributed by atoms with Crippen molar-refractivity contribution in [3.63, 3.8) is 0 Å². The number of hydrogen-bond acceptors (Lipinski definition) is 4. The van der Waals surface area contributed by atoms with Crippen molar-refractivity contribution in [1.29, 1.82) is 0 Å². The summed E-state index contributed by atoms with van der Waals surface area (Å²) in [4.78, 5) is -1.22. The molecule has 0 amide bonds. The van der Waals surface area contributed by atoms with E-state index in [0.29, 0.717) is 33.4 Å².